The number of rotatable bonds is 16. The number of hydrogen-bond acceptors (Lipinski definition) is 10. The minimum atomic E-state index is -0.717. The number of nitrogens with zero attached hydrogens (tertiary/aromatic N) is 1. The van der Waals surface area contributed by atoms with Crippen LogP contribution in [0.25, 0.3) is 11.0 Å². The summed E-state index contributed by atoms with van der Waals surface area (Å²) in [6.45, 7) is 6.64. The lowest BCUT2D eigenvalue weighted by molar-refractivity contribution is -0.142. The van der Waals surface area contributed by atoms with Crippen molar-refractivity contribution < 1.29 is 51.7 Å². The minimum absolute atomic E-state index is 0.00329. The first kappa shape index (κ1) is 42.4. The zero-order valence-corrected chi connectivity index (χ0v) is 33.1. The van der Waals surface area contributed by atoms with Crippen molar-refractivity contribution in [3.63, 3.8) is 0 Å². The van der Waals surface area contributed by atoms with Gasteiger partial charge in [0.1, 0.15) is 23.9 Å². The van der Waals surface area contributed by atoms with Gasteiger partial charge in [0.2, 0.25) is 17.6 Å². The molecule has 306 valence electrons. The van der Waals surface area contributed by atoms with E-state index in [-0.39, 0.29) is 54.0 Å². The topological polar surface area (TPSA) is 155 Å². The van der Waals surface area contributed by atoms with Crippen LogP contribution in [0.5, 0.6) is 0 Å². The summed E-state index contributed by atoms with van der Waals surface area (Å²) < 4.78 is 46.5. The largest absolute Gasteiger partial charge is 0.460 e. The van der Waals surface area contributed by atoms with Crippen LogP contribution >= 0.6 is 0 Å². The lowest BCUT2D eigenvalue weighted by Gasteiger charge is -2.38. The predicted molar refractivity (Wildman–Crippen MR) is 203 cm³/mol. The number of alkyl halides is 1. The van der Waals surface area contributed by atoms with E-state index in [4.69, 9.17) is 28.1 Å². The monoisotopic (exact) mass is 773 g/mol. The van der Waals surface area contributed by atoms with E-state index in [9.17, 15) is 23.6 Å². The molecule has 1 aliphatic heterocycles. The highest BCUT2D eigenvalue weighted by atomic mass is 19.1. The standard InChI is InChI=1S/C41H60FN3O10/c1-41(2,3)55-40(49)44-33(25-42)27-7-9-28(10-8-27)38(47)45-18-17-32(26-11-14-31(51-5)15-12-26)36(45)37(46)43-30-13-16-34-29(23-30)24-35(54-34)39(48)53-20-6-19-52-22-21-50-4/h13,16,23-24,26-28,31-33,36H,6-12,14-15,17-22,25H2,1-5H3,(H,43,46)(H,44,49)/t26-,27-,28-,31-,32-,33-,36-/m1/s1. The number of esters is 1. The second-order valence-electron chi connectivity index (χ2n) is 16.2. The molecule has 0 radical (unpaired) electrons. The van der Waals surface area contributed by atoms with Crippen LogP contribution in [0.2, 0.25) is 0 Å². The highest BCUT2D eigenvalue weighted by Crippen LogP contribution is 2.42. The second-order valence-corrected chi connectivity index (χ2v) is 16.2. The molecule has 3 atom stereocenters. The maximum atomic E-state index is 14.3. The Balaban J connectivity index is 1.23. The highest BCUT2D eigenvalue weighted by molar-refractivity contribution is 6.00. The fourth-order valence-electron chi connectivity index (χ4n) is 8.47. The van der Waals surface area contributed by atoms with Crippen LogP contribution in [-0.4, -0.2) is 106 Å². The molecule has 1 aromatic heterocycles. The molecule has 2 aromatic rings. The highest BCUT2D eigenvalue weighted by Gasteiger charge is 2.47. The van der Waals surface area contributed by atoms with E-state index in [0.717, 1.165) is 32.1 Å². The Kier molecular flexibility index (Phi) is 15.3. The number of anilines is 1. The number of hydrogen-bond donors (Lipinski definition) is 2. The number of furan rings is 1. The van der Waals surface area contributed by atoms with Crippen LogP contribution in [0.15, 0.2) is 28.7 Å². The third-order valence-electron chi connectivity index (χ3n) is 11.3. The van der Waals surface area contributed by atoms with E-state index in [1.54, 1.807) is 64.2 Å². The van der Waals surface area contributed by atoms with Gasteiger partial charge in [-0.25, -0.2) is 14.0 Å². The molecule has 13 nitrogen and oxygen atoms in total. The second kappa shape index (κ2) is 19.9. The summed E-state index contributed by atoms with van der Waals surface area (Å²) in [4.78, 5) is 55.4. The molecule has 55 heavy (non-hydrogen) atoms. The number of carbonyl (C=O) groups is 4. The molecule has 0 spiro atoms. The van der Waals surface area contributed by atoms with Crippen molar-refractivity contribution in [2.24, 2.45) is 23.7 Å². The van der Waals surface area contributed by atoms with Gasteiger partial charge >= 0.3 is 12.1 Å². The Morgan fingerprint density at radius 3 is 2.35 bits per heavy atom. The third kappa shape index (κ3) is 11.6. The maximum absolute atomic E-state index is 14.3. The smallest absolute Gasteiger partial charge is 0.407 e. The number of fused-ring (bicyclic) bond motifs is 1. The number of amides is 3. The zero-order valence-electron chi connectivity index (χ0n) is 33.1. The first-order valence-corrected chi connectivity index (χ1v) is 19.9. The van der Waals surface area contributed by atoms with Gasteiger partial charge < -0.3 is 43.6 Å². The zero-order chi connectivity index (χ0) is 39.5. The number of benzene rings is 1. The minimum Gasteiger partial charge on any atom is -0.460 e. The number of halogens is 1. The molecule has 3 amide bonds. The summed E-state index contributed by atoms with van der Waals surface area (Å²) in [5.41, 5.74) is 0.314. The summed E-state index contributed by atoms with van der Waals surface area (Å²) in [6, 6.07) is 5.44. The van der Waals surface area contributed by atoms with Gasteiger partial charge in [0, 0.05) is 50.8 Å². The van der Waals surface area contributed by atoms with Gasteiger partial charge in [-0.1, -0.05) is 0 Å². The fourth-order valence-corrected chi connectivity index (χ4v) is 8.47. The van der Waals surface area contributed by atoms with Gasteiger partial charge in [-0.05, 0) is 121 Å². The molecular formula is C41H60FN3O10. The van der Waals surface area contributed by atoms with Crippen molar-refractivity contribution >= 4 is 40.5 Å². The summed E-state index contributed by atoms with van der Waals surface area (Å²) >= 11 is 0. The molecular weight excluding hydrogens is 713 g/mol. The van der Waals surface area contributed by atoms with Gasteiger partial charge in [0.15, 0.2) is 0 Å². The van der Waals surface area contributed by atoms with Crippen molar-refractivity contribution in [2.75, 3.05) is 59.2 Å². The molecule has 14 heteroatoms. The summed E-state index contributed by atoms with van der Waals surface area (Å²) in [5, 5.41) is 6.41. The average molecular weight is 774 g/mol. The van der Waals surface area contributed by atoms with Crippen molar-refractivity contribution in [1.82, 2.24) is 10.2 Å². The normalized spacial score (nSPS) is 25.0. The number of alkyl carbamates (subject to hydrolysis) is 1. The average Bonchev–Trinajstić information content (AvgIpc) is 3.81. The first-order valence-electron chi connectivity index (χ1n) is 19.9. The molecule has 0 unspecified atom stereocenters. The summed E-state index contributed by atoms with van der Waals surface area (Å²) in [7, 11) is 3.34. The Morgan fingerprint density at radius 2 is 1.67 bits per heavy atom. The van der Waals surface area contributed by atoms with E-state index in [1.807, 2.05) is 0 Å². The van der Waals surface area contributed by atoms with E-state index < -0.39 is 36.4 Å². The Labute approximate surface area is 323 Å². The summed E-state index contributed by atoms with van der Waals surface area (Å²) in [6.07, 6.45) is 6.79. The van der Waals surface area contributed by atoms with Gasteiger partial charge in [0.25, 0.3) is 0 Å². The SMILES string of the molecule is COCCOCCCOC(=O)c1cc2cc(NC(=O)[C@H]3[C@@H]([C@H]4CC[C@H](OC)CC4)CCN3C(=O)[C@H]3CC[C@H]([C@@H](CF)NC(=O)OC(C)(C)C)CC3)ccc2o1. The van der Waals surface area contributed by atoms with Crippen molar-refractivity contribution in [3.05, 3.63) is 30.0 Å². The molecule has 2 heterocycles. The van der Waals surface area contributed by atoms with Gasteiger partial charge in [-0.2, -0.15) is 0 Å². The fraction of sp³-hybridized carbons (Fsp3) is 0.707. The quantitative estimate of drug-likeness (QED) is 0.140. The number of ether oxygens (including phenoxy) is 5. The molecule has 1 aromatic carbocycles. The maximum Gasteiger partial charge on any atom is 0.407 e. The molecule has 2 N–H and O–H groups in total. The molecule has 2 saturated carbocycles. The Morgan fingerprint density at radius 1 is 0.927 bits per heavy atom. The molecule has 5 rings (SSSR count). The number of carbonyl (C=O) groups excluding carboxylic acids is 4. The molecule has 2 aliphatic carbocycles. The molecule has 3 aliphatic rings. The van der Waals surface area contributed by atoms with Crippen LogP contribution < -0.4 is 10.6 Å². The van der Waals surface area contributed by atoms with Crippen molar-refractivity contribution in [2.45, 2.75) is 109 Å². The van der Waals surface area contributed by atoms with Gasteiger partial charge in [-0.15, -0.1) is 0 Å². The van der Waals surface area contributed by atoms with Crippen LogP contribution in [0.4, 0.5) is 14.9 Å². The van der Waals surface area contributed by atoms with E-state index >= 15 is 0 Å². The number of likely N-dealkylation sites (tertiary alicyclic amines) is 1. The third-order valence-corrected chi connectivity index (χ3v) is 11.3. The van der Waals surface area contributed by atoms with Crippen LogP contribution in [0.3, 0.4) is 0 Å². The van der Waals surface area contributed by atoms with Crippen LogP contribution in [-0.2, 0) is 33.3 Å². The summed E-state index contributed by atoms with van der Waals surface area (Å²) in [5.74, 6) is -0.942. The lowest BCUT2D eigenvalue weighted by atomic mass is 9.75. The number of methoxy groups -OCH3 is 2. The van der Waals surface area contributed by atoms with Crippen molar-refractivity contribution in [1.29, 1.82) is 0 Å². The van der Waals surface area contributed by atoms with E-state index in [1.165, 1.54) is 0 Å². The molecule has 0 bridgehead atoms. The molecule has 3 fully saturated rings. The Bertz CT molecular complexity index is 1580. The van der Waals surface area contributed by atoms with E-state index in [0.29, 0.717) is 75.1 Å². The van der Waals surface area contributed by atoms with Gasteiger partial charge in [0.05, 0.1) is 32.0 Å². The molecule has 1 saturated heterocycles. The van der Waals surface area contributed by atoms with Gasteiger partial charge in [-0.3, -0.25) is 9.59 Å². The van der Waals surface area contributed by atoms with Crippen LogP contribution in [0.1, 0.15) is 95.5 Å². The lowest BCUT2D eigenvalue weighted by Crippen LogP contribution is -2.50. The predicted octanol–water partition coefficient (Wildman–Crippen LogP) is 6.67. The van der Waals surface area contributed by atoms with Crippen molar-refractivity contribution in [3.8, 4) is 0 Å². The van der Waals surface area contributed by atoms with E-state index in [2.05, 4.69) is 10.6 Å². The Hall–Kier alpha value is -3.75. The number of nitrogens with one attached hydrogen (secondary N) is 2. The first-order chi connectivity index (χ1) is 26.4. The van der Waals surface area contributed by atoms with Crippen LogP contribution in [0, 0.1) is 23.7 Å².